The van der Waals surface area contributed by atoms with Gasteiger partial charge in [-0.1, -0.05) is 137 Å². The van der Waals surface area contributed by atoms with Crippen LogP contribution < -0.4 is 0 Å². The van der Waals surface area contributed by atoms with Crippen molar-refractivity contribution in [2.75, 3.05) is 13.2 Å². The molecule has 0 saturated heterocycles. The largest absolute Gasteiger partial charge is 0.462 e. The second kappa shape index (κ2) is 38.5. The maximum atomic E-state index is 12.2. The highest BCUT2D eigenvalue weighted by Crippen LogP contribution is 2.10. The van der Waals surface area contributed by atoms with E-state index in [4.69, 9.17) is 9.47 Å². The summed E-state index contributed by atoms with van der Waals surface area (Å²) in [4.78, 5) is 24.2. The average molecular weight is 667 g/mol. The first-order valence-electron chi connectivity index (χ1n) is 19.1. The van der Waals surface area contributed by atoms with Crippen molar-refractivity contribution in [1.29, 1.82) is 0 Å². The van der Waals surface area contributed by atoms with Gasteiger partial charge in [-0.2, -0.15) is 0 Å². The van der Waals surface area contributed by atoms with E-state index in [0.29, 0.717) is 12.8 Å². The highest BCUT2D eigenvalue weighted by atomic mass is 16.6. The normalized spacial score (nSPS) is 13.1. The van der Waals surface area contributed by atoms with E-state index in [9.17, 15) is 14.7 Å². The monoisotopic (exact) mass is 667 g/mol. The predicted molar refractivity (Wildman–Crippen MR) is 205 cm³/mol. The second-order valence-corrected chi connectivity index (χ2v) is 12.3. The number of allylic oxidation sites excluding steroid dienone is 14. The number of carbonyl (C=O) groups excluding carboxylic acids is 2. The van der Waals surface area contributed by atoms with Crippen LogP contribution in [0.25, 0.3) is 0 Å². The topological polar surface area (TPSA) is 72.8 Å². The predicted octanol–water partition coefficient (Wildman–Crippen LogP) is 11.9. The number of aliphatic hydroxyl groups excluding tert-OH is 1. The number of hydrogen-bond donors (Lipinski definition) is 1. The van der Waals surface area contributed by atoms with Gasteiger partial charge in [0.2, 0.25) is 0 Å². The molecule has 1 unspecified atom stereocenters. The molecule has 0 spiro atoms. The molecule has 5 nitrogen and oxygen atoms in total. The maximum absolute atomic E-state index is 12.2. The first-order valence-corrected chi connectivity index (χ1v) is 19.1. The summed E-state index contributed by atoms with van der Waals surface area (Å²) in [5.74, 6) is -0.653. The summed E-state index contributed by atoms with van der Waals surface area (Å²) in [6.07, 6.45) is 52.0. The van der Waals surface area contributed by atoms with Crippen LogP contribution in [0.5, 0.6) is 0 Å². The summed E-state index contributed by atoms with van der Waals surface area (Å²) >= 11 is 0. The Balaban J connectivity index is 3.69. The molecule has 1 atom stereocenters. The quantitative estimate of drug-likeness (QED) is 0.0429. The third kappa shape index (κ3) is 35.9. The third-order valence-corrected chi connectivity index (χ3v) is 7.67. The minimum Gasteiger partial charge on any atom is -0.462 e. The van der Waals surface area contributed by atoms with Crippen molar-refractivity contribution in [1.82, 2.24) is 0 Å². The van der Waals surface area contributed by atoms with Crippen molar-refractivity contribution in [3.8, 4) is 0 Å². The van der Waals surface area contributed by atoms with Gasteiger partial charge in [0, 0.05) is 12.8 Å². The Morgan fingerprint density at radius 1 is 0.500 bits per heavy atom. The fourth-order valence-corrected chi connectivity index (χ4v) is 4.78. The lowest BCUT2D eigenvalue weighted by Crippen LogP contribution is -2.28. The molecule has 0 aliphatic rings. The zero-order chi connectivity index (χ0) is 35.0. The molecule has 48 heavy (non-hydrogen) atoms. The van der Waals surface area contributed by atoms with E-state index in [1.54, 1.807) is 0 Å². The van der Waals surface area contributed by atoms with E-state index >= 15 is 0 Å². The molecule has 0 aliphatic carbocycles. The van der Waals surface area contributed by atoms with E-state index < -0.39 is 6.10 Å². The number of aliphatic hydroxyl groups is 1. The first-order chi connectivity index (χ1) is 23.6. The second-order valence-electron chi connectivity index (χ2n) is 12.3. The SMILES string of the molecule is CCC=CCC=CCC=CCC=CCCCCCCC(=O)OCC(CO)OC(=O)CCCCCCC=CCC=CCC=CCCCCC. The lowest BCUT2D eigenvalue weighted by atomic mass is 10.1. The molecule has 0 aromatic heterocycles. The summed E-state index contributed by atoms with van der Waals surface area (Å²) in [6, 6.07) is 0. The minimum absolute atomic E-state index is 0.0931. The number of carbonyl (C=O) groups is 2. The van der Waals surface area contributed by atoms with Gasteiger partial charge in [-0.15, -0.1) is 0 Å². The summed E-state index contributed by atoms with van der Waals surface area (Å²) in [6.45, 7) is 3.93. The number of rotatable bonds is 33. The molecule has 0 heterocycles. The zero-order valence-electron chi connectivity index (χ0n) is 30.7. The number of hydrogen-bond acceptors (Lipinski definition) is 5. The first kappa shape index (κ1) is 45.1. The van der Waals surface area contributed by atoms with Gasteiger partial charge in [-0.3, -0.25) is 9.59 Å². The average Bonchev–Trinajstić information content (AvgIpc) is 3.09. The highest BCUT2D eigenvalue weighted by molar-refractivity contribution is 5.70. The van der Waals surface area contributed by atoms with Gasteiger partial charge >= 0.3 is 11.9 Å². The van der Waals surface area contributed by atoms with Crippen LogP contribution in [0.15, 0.2) is 85.1 Å². The Bertz CT molecular complexity index is 937. The Morgan fingerprint density at radius 3 is 1.33 bits per heavy atom. The van der Waals surface area contributed by atoms with Crippen molar-refractivity contribution < 1.29 is 24.2 Å². The van der Waals surface area contributed by atoms with Crippen molar-refractivity contribution in [2.45, 2.75) is 161 Å². The van der Waals surface area contributed by atoms with Gasteiger partial charge < -0.3 is 14.6 Å². The Kier molecular flexibility index (Phi) is 36.2. The van der Waals surface area contributed by atoms with E-state index in [1.165, 1.54) is 25.7 Å². The lowest BCUT2D eigenvalue weighted by Gasteiger charge is -2.15. The van der Waals surface area contributed by atoms with Gasteiger partial charge in [-0.25, -0.2) is 0 Å². The molecule has 0 aromatic carbocycles. The number of ether oxygens (including phenoxy) is 2. The van der Waals surface area contributed by atoms with Gasteiger partial charge in [0.15, 0.2) is 6.10 Å². The van der Waals surface area contributed by atoms with E-state index in [1.807, 2.05) is 0 Å². The molecule has 0 saturated carbocycles. The lowest BCUT2D eigenvalue weighted by molar-refractivity contribution is -0.161. The fraction of sp³-hybridized carbons (Fsp3) is 0.628. The smallest absolute Gasteiger partial charge is 0.306 e. The van der Waals surface area contributed by atoms with Crippen molar-refractivity contribution in [3.63, 3.8) is 0 Å². The van der Waals surface area contributed by atoms with Gasteiger partial charge in [0.05, 0.1) is 6.61 Å². The van der Waals surface area contributed by atoms with Crippen LogP contribution >= 0.6 is 0 Å². The van der Waals surface area contributed by atoms with Gasteiger partial charge in [0.25, 0.3) is 0 Å². The van der Waals surface area contributed by atoms with Crippen LogP contribution in [0.4, 0.5) is 0 Å². The molecule has 0 fully saturated rings. The van der Waals surface area contributed by atoms with Crippen LogP contribution in [0, 0.1) is 0 Å². The maximum Gasteiger partial charge on any atom is 0.306 e. The minimum atomic E-state index is -0.798. The fourth-order valence-electron chi connectivity index (χ4n) is 4.78. The number of unbranched alkanes of at least 4 members (excludes halogenated alkanes) is 11. The van der Waals surface area contributed by atoms with Crippen molar-refractivity contribution in [2.24, 2.45) is 0 Å². The highest BCUT2D eigenvalue weighted by Gasteiger charge is 2.16. The molecule has 0 aromatic rings. The van der Waals surface area contributed by atoms with Crippen LogP contribution in [-0.2, 0) is 19.1 Å². The van der Waals surface area contributed by atoms with E-state index in [0.717, 1.165) is 103 Å². The summed E-state index contributed by atoms with van der Waals surface area (Å²) in [7, 11) is 0. The standard InChI is InChI=1S/C43H70O5/c1-3-5-7-9-11-13-15-17-19-21-23-25-27-29-31-33-35-37-42(45)47-40-41(39-44)48-43(46)38-36-34-32-30-28-26-24-22-20-18-16-14-12-10-8-6-4-2/h5,7,11-14,17-20,23-26,41,44H,3-4,6,8-10,15-16,21-22,27-40H2,1-2H3. The van der Waals surface area contributed by atoms with E-state index in [2.05, 4.69) is 98.9 Å². The molecular weight excluding hydrogens is 596 g/mol. The van der Waals surface area contributed by atoms with Crippen molar-refractivity contribution in [3.05, 3.63) is 85.1 Å². The molecule has 1 N–H and O–H groups in total. The summed E-state index contributed by atoms with van der Waals surface area (Å²) < 4.78 is 10.6. The molecule has 0 rings (SSSR count). The summed E-state index contributed by atoms with van der Waals surface area (Å²) in [5, 5.41) is 9.54. The van der Waals surface area contributed by atoms with Gasteiger partial charge in [0.1, 0.15) is 6.61 Å². The Hall–Kier alpha value is -2.92. The van der Waals surface area contributed by atoms with E-state index in [-0.39, 0.29) is 25.2 Å². The molecule has 0 amide bonds. The van der Waals surface area contributed by atoms with Crippen LogP contribution in [0.2, 0.25) is 0 Å². The van der Waals surface area contributed by atoms with Crippen LogP contribution in [0.1, 0.15) is 155 Å². The van der Waals surface area contributed by atoms with Crippen LogP contribution in [0.3, 0.4) is 0 Å². The van der Waals surface area contributed by atoms with Gasteiger partial charge in [-0.05, 0) is 89.9 Å². The molecule has 0 aliphatic heterocycles. The molecule has 5 heteroatoms. The van der Waals surface area contributed by atoms with Crippen molar-refractivity contribution >= 4 is 11.9 Å². The van der Waals surface area contributed by atoms with Crippen LogP contribution in [-0.4, -0.2) is 36.4 Å². The Labute approximate surface area is 295 Å². The molecular formula is C43H70O5. The Morgan fingerprint density at radius 2 is 0.896 bits per heavy atom. The number of esters is 2. The zero-order valence-corrected chi connectivity index (χ0v) is 30.7. The third-order valence-electron chi connectivity index (χ3n) is 7.67. The summed E-state index contributed by atoms with van der Waals surface area (Å²) in [5.41, 5.74) is 0. The molecule has 0 radical (unpaired) electrons. The molecule has 272 valence electrons. The molecule has 0 bridgehead atoms.